The van der Waals surface area contributed by atoms with Crippen molar-refractivity contribution in [3.63, 3.8) is 0 Å². The third-order valence-electron chi connectivity index (χ3n) is 4.40. The van der Waals surface area contributed by atoms with E-state index in [1.807, 2.05) is 54.6 Å². The lowest BCUT2D eigenvalue weighted by atomic mass is 10.1. The van der Waals surface area contributed by atoms with Crippen LogP contribution in [-0.4, -0.2) is 19.6 Å². The average molecular weight is 502 g/mol. The number of halogens is 2. The predicted molar refractivity (Wildman–Crippen MR) is 122 cm³/mol. The number of aryl methyl sites for hydroxylation is 4. The Morgan fingerprint density at radius 1 is 0.679 bits per heavy atom. The van der Waals surface area contributed by atoms with Gasteiger partial charge in [-0.3, -0.25) is 9.36 Å². The number of rotatable bonds is 2. The SMILES string of the molecule is Cc1cc(-c2ccc(Br)cc2)n(C)n1.Cc1cc(-c2ccc(Br)cc2)nn1C. The summed E-state index contributed by atoms with van der Waals surface area (Å²) in [4.78, 5) is 0. The molecule has 0 radical (unpaired) electrons. The van der Waals surface area contributed by atoms with E-state index >= 15 is 0 Å². The largest absolute Gasteiger partial charge is 0.272 e. The summed E-state index contributed by atoms with van der Waals surface area (Å²) < 4.78 is 5.98. The van der Waals surface area contributed by atoms with Crippen LogP contribution in [0.4, 0.5) is 0 Å². The summed E-state index contributed by atoms with van der Waals surface area (Å²) >= 11 is 6.83. The molecular formula is C22H22Br2N4. The van der Waals surface area contributed by atoms with Gasteiger partial charge in [-0.05, 0) is 55.8 Å². The topological polar surface area (TPSA) is 35.6 Å². The second-order valence-corrected chi connectivity index (χ2v) is 8.43. The van der Waals surface area contributed by atoms with Crippen molar-refractivity contribution >= 4 is 31.9 Å². The number of aromatic nitrogens is 4. The van der Waals surface area contributed by atoms with E-state index in [2.05, 4.69) is 85.4 Å². The van der Waals surface area contributed by atoms with Crippen LogP contribution in [0.2, 0.25) is 0 Å². The van der Waals surface area contributed by atoms with Crippen LogP contribution in [0, 0.1) is 13.8 Å². The average Bonchev–Trinajstić information content (AvgIpc) is 3.18. The van der Waals surface area contributed by atoms with Crippen LogP contribution in [0.1, 0.15) is 11.4 Å². The fourth-order valence-electron chi connectivity index (χ4n) is 2.82. The summed E-state index contributed by atoms with van der Waals surface area (Å²) in [6.45, 7) is 4.05. The molecule has 2 aromatic carbocycles. The van der Waals surface area contributed by atoms with Gasteiger partial charge in [-0.2, -0.15) is 10.2 Å². The molecule has 0 fully saturated rings. The highest BCUT2D eigenvalue weighted by molar-refractivity contribution is 9.10. The van der Waals surface area contributed by atoms with Crippen LogP contribution in [-0.2, 0) is 14.1 Å². The highest BCUT2D eigenvalue weighted by Gasteiger charge is 2.04. The molecule has 0 amide bonds. The fourth-order valence-corrected chi connectivity index (χ4v) is 3.35. The monoisotopic (exact) mass is 500 g/mol. The summed E-state index contributed by atoms with van der Waals surface area (Å²) in [7, 11) is 3.92. The van der Waals surface area contributed by atoms with E-state index in [9.17, 15) is 0 Å². The summed E-state index contributed by atoms with van der Waals surface area (Å²) in [6.07, 6.45) is 0. The van der Waals surface area contributed by atoms with Crippen LogP contribution in [0.15, 0.2) is 69.6 Å². The Kier molecular flexibility index (Phi) is 6.52. The summed E-state index contributed by atoms with van der Waals surface area (Å²) in [6, 6.07) is 20.6. The molecule has 2 aromatic heterocycles. The van der Waals surface area contributed by atoms with Gasteiger partial charge in [0.05, 0.1) is 17.1 Å². The van der Waals surface area contributed by atoms with Crippen molar-refractivity contribution in [3.05, 3.63) is 81.0 Å². The molecule has 2 heterocycles. The molecule has 0 aliphatic rings. The molecule has 144 valence electrons. The number of nitrogens with zero attached hydrogens (tertiary/aromatic N) is 4. The molecule has 0 atom stereocenters. The molecule has 4 rings (SSSR count). The molecule has 0 aliphatic heterocycles. The van der Waals surface area contributed by atoms with Crippen LogP contribution in [0.25, 0.3) is 22.5 Å². The van der Waals surface area contributed by atoms with Gasteiger partial charge in [-0.25, -0.2) is 0 Å². The second kappa shape index (κ2) is 8.88. The first-order valence-electron chi connectivity index (χ1n) is 8.86. The molecule has 0 saturated carbocycles. The number of hydrogen-bond donors (Lipinski definition) is 0. The van der Waals surface area contributed by atoms with Gasteiger partial charge in [-0.1, -0.05) is 56.1 Å². The molecule has 0 spiro atoms. The zero-order valence-electron chi connectivity index (χ0n) is 16.3. The van der Waals surface area contributed by atoms with E-state index in [1.165, 1.54) is 11.3 Å². The zero-order valence-corrected chi connectivity index (χ0v) is 19.5. The van der Waals surface area contributed by atoms with Crippen LogP contribution >= 0.6 is 31.9 Å². The molecule has 28 heavy (non-hydrogen) atoms. The number of benzene rings is 2. The lowest BCUT2D eigenvalue weighted by Crippen LogP contribution is -1.93. The molecule has 0 saturated heterocycles. The van der Waals surface area contributed by atoms with E-state index in [0.29, 0.717) is 0 Å². The lowest BCUT2D eigenvalue weighted by molar-refractivity contribution is 0.743. The predicted octanol–water partition coefficient (Wildman–Crippen LogP) is 6.32. The highest BCUT2D eigenvalue weighted by Crippen LogP contribution is 2.22. The first kappa shape index (κ1) is 20.6. The zero-order chi connectivity index (χ0) is 20.3. The molecule has 0 unspecified atom stereocenters. The Morgan fingerprint density at radius 3 is 1.64 bits per heavy atom. The minimum absolute atomic E-state index is 1.03. The van der Waals surface area contributed by atoms with Gasteiger partial charge < -0.3 is 0 Å². The smallest absolute Gasteiger partial charge is 0.0925 e. The van der Waals surface area contributed by atoms with E-state index in [-0.39, 0.29) is 0 Å². The maximum Gasteiger partial charge on any atom is 0.0925 e. The molecule has 0 aliphatic carbocycles. The van der Waals surface area contributed by atoms with Crippen molar-refractivity contribution in [2.24, 2.45) is 14.1 Å². The van der Waals surface area contributed by atoms with Crippen molar-refractivity contribution in [2.75, 3.05) is 0 Å². The quantitative estimate of drug-likeness (QED) is 0.322. The molecular weight excluding hydrogens is 480 g/mol. The normalized spacial score (nSPS) is 10.5. The minimum Gasteiger partial charge on any atom is -0.272 e. The summed E-state index contributed by atoms with van der Waals surface area (Å²) in [5.41, 5.74) is 6.73. The van der Waals surface area contributed by atoms with E-state index in [1.54, 1.807) is 0 Å². The first-order valence-corrected chi connectivity index (χ1v) is 10.5. The van der Waals surface area contributed by atoms with Crippen LogP contribution in [0.5, 0.6) is 0 Å². The van der Waals surface area contributed by atoms with E-state index in [4.69, 9.17) is 0 Å². The van der Waals surface area contributed by atoms with Crippen molar-refractivity contribution in [1.29, 1.82) is 0 Å². The van der Waals surface area contributed by atoms with Gasteiger partial charge in [0.1, 0.15) is 0 Å². The van der Waals surface area contributed by atoms with Crippen molar-refractivity contribution in [2.45, 2.75) is 13.8 Å². The third kappa shape index (κ3) is 5.00. The molecule has 4 aromatic rings. The maximum absolute atomic E-state index is 4.41. The van der Waals surface area contributed by atoms with Gasteiger partial charge in [-0.15, -0.1) is 0 Å². The van der Waals surface area contributed by atoms with Crippen LogP contribution < -0.4 is 0 Å². The Labute approximate surface area is 182 Å². The van der Waals surface area contributed by atoms with Gasteiger partial charge >= 0.3 is 0 Å². The molecule has 0 N–H and O–H groups in total. The standard InChI is InChI=1S/2C11H11BrN2/c1-8-7-11(13-14(8)2)9-3-5-10(12)6-4-9;1-8-7-11(14(2)13-8)9-3-5-10(12)6-4-9/h2*3-7H,1-2H3. The minimum atomic E-state index is 1.03. The molecule has 4 nitrogen and oxygen atoms in total. The highest BCUT2D eigenvalue weighted by atomic mass is 79.9. The van der Waals surface area contributed by atoms with E-state index in [0.717, 1.165) is 31.6 Å². The molecule has 0 bridgehead atoms. The summed E-state index contributed by atoms with van der Waals surface area (Å²) in [5.74, 6) is 0. The van der Waals surface area contributed by atoms with Gasteiger partial charge in [0.25, 0.3) is 0 Å². The Balaban J connectivity index is 0.000000161. The third-order valence-corrected chi connectivity index (χ3v) is 5.45. The summed E-state index contributed by atoms with van der Waals surface area (Å²) in [5, 5.41) is 8.73. The lowest BCUT2D eigenvalue weighted by Gasteiger charge is -2.01. The molecule has 6 heteroatoms. The number of hydrogen-bond acceptors (Lipinski definition) is 2. The first-order chi connectivity index (χ1) is 13.3. The van der Waals surface area contributed by atoms with Crippen molar-refractivity contribution in [1.82, 2.24) is 19.6 Å². The fraction of sp³-hybridized carbons (Fsp3) is 0.182. The Morgan fingerprint density at radius 2 is 1.21 bits per heavy atom. The van der Waals surface area contributed by atoms with Gasteiger partial charge in [0, 0.05) is 34.3 Å². The maximum atomic E-state index is 4.41. The van der Waals surface area contributed by atoms with Gasteiger partial charge in [0.2, 0.25) is 0 Å². The van der Waals surface area contributed by atoms with E-state index < -0.39 is 0 Å². The second-order valence-electron chi connectivity index (χ2n) is 6.60. The Bertz CT molecular complexity index is 1040. The van der Waals surface area contributed by atoms with Gasteiger partial charge in [0.15, 0.2) is 0 Å². The Hall–Kier alpha value is -2.18. The van der Waals surface area contributed by atoms with Crippen molar-refractivity contribution < 1.29 is 0 Å². The van der Waals surface area contributed by atoms with Crippen molar-refractivity contribution in [3.8, 4) is 22.5 Å². The van der Waals surface area contributed by atoms with Crippen LogP contribution in [0.3, 0.4) is 0 Å².